The summed E-state index contributed by atoms with van der Waals surface area (Å²) >= 11 is 3.66. The van der Waals surface area contributed by atoms with Crippen LogP contribution in [-0.2, 0) is 0 Å². The number of aromatic nitrogens is 2. The first-order valence-corrected chi connectivity index (χ1v) is 9.99. The highest BCUT2D eigenvalue weighted by Gasteiger charge is 2.18. The van der Waals surface area contributed by atoms with Gasteiger partial charge in [0.2, 0.25) is 0 Å². The molecule has 4 rings (SSSR count). The molecule has 0 spiro atoms. The molecule has 2 heterocycles. The van der Waals surface area contributed by atoms with E-state index in [4.69, 9.17) is 9.47 Å². The van der Waals surface area contributed by atoms with E-state index in [2.05, 4.69) is 49.4 Å². The van der Waals surface area contributed by atoms with Crippen molar-refractivity contribution in [2.24, 2.45) is 0 Å². The van der Waals surface area contributed by atoms with Gasteiger partial charge in [0.25, 0.3) is 5.56 Å². The van der Waals surface area contributed by atoms with Crippen LogP contribution in [0.25, 0.3) is 22.3 Å². The van der Waals surface area contributed by atoms with E-state index in [9.17, 15) is 4.79 Å². The molecule has 1 radical (unpaired) electrons. The largest absolute Gasteiger partial charge is 0.497 e. The van der Waals surface area contributed by atoms with Gasteiger partial charge in [0.15, 0.2) is 0 Å². The predicted octanol–water partition coefficient (Wildman–Crippen LogP) is 3.79. The minimum absolute atomic E-state index is 0.239. The van der Waals surface area contributed by atoms with Crippen molar-refractivity contribution in [3.05, 3.63) is 53.2 Å². The molecule has 1 fully saturated rings. The van der Waals surface area contributed by atoms with E-state index >= 15 is 0 Å². The lowest BCUT2D eigenvalue weighted by atomic mass is 10.1. The average Bonchev–Trinajstić information content (AvgIpc) is 2.72. The Labute approximate surface area is 171 Å². The maximum absolute atomic E-state index is 12.7. The topological polar surface area (TPSA) is 67.5 Å². The van der Waals surface area contributed by atoms with Gasteiger partial charge in [-0.1, -0.05) is 15.9 Å². The van der Waals surface area contributed by atoms with E-state index in [1.807, 2.05) is 12.1 Å². The lowest BCUT2D eigenvalue weighted by Gasteiger charge is -2.31. The third-order valence-electron chi connectivity index (χ3n) is 4.92. The van der Waals surface area contributed by atoms with Crippen molar-refractivity contribution in [3.8, 4) is 22.9 Å². The molecule has 2 aromatic carbocycles. The minimum Gasteiger partial charge on any atom is -0.497 e. The van der Waals surface area contributed by atoms with E-state index in [0.29, 0.717) is 33.1 Å². The van der Waals surface area contributed by atoms with Gasteiger partial charge < -0.3 is 19.4 Å². The highest BCUT2D eigenvalue weighted by Crippen LogP contribution is 2.29. The molecule has 0 saturated carbocycles. The van der Waals surface area contributed by atoms with Crippen LogP contribution in [0.3, 0.4) is 0 Å². The van der Waals surface area contributed by atoms with Crippen molar-refractivity contribution >= 4 is 32.5 Å². The number of nitrogens with zero attached hydrogens (tertiary/aromatic N) is 2. The van der Waals surface area contributed by atoms with Gasteiger partial charge >= 0.3 is 0 Å². The number of piperidine rings is 1. The molecule has 1 aromatic heterocycles. The quantitative estimate of drug-likeness (QED) is 0.622. The number of halogens is 1. The molecule has 1 saturated heterocycles. The average molecular weight is 443 g/mol. The first kappa shape index (κ1) is 18.8. The van der Waals surface area contributed by atoms with Gasteiger partial charge in [0.1, 0.15) is 22.7 Å². The number of H-pyrrole nitrogens is 1. The number of benzene rings is 2. The number of hydrogen-bond donors (Lipinski definition) is 1. The fraction of sp³-hybridized carbons (Fsp3) is 0.286. The number of alkyl halides is 1. The third kappa shape index (κ3) is 3.58. The van der Waals surface area contributed by atoms with Gasteiger partial charge in [-0.05, 0) is 37.1 Å². The lowest BCUT2D eigenvalue weighted by Crippen LogP contribution is -2.35. The Morgan fingerprint density at radius 3 is 2.64 bits per heavy atom. The predicted molar refractivity (Wildman–Crippen MR) is 115 cm³/mol. The highest BCUT2D eigenvalue weighted by molar-refractivity contribution is 9.09. The molecule has 7 heteroatoms. The summed E-state index contributed by atoms with van der Waals surface area (Å²) in [5, 5.41) is 0.414. The van der Waals surface area contributed by atoms with Crippen molar-refractivity contribution in [1.29, 1.82) is 0 Å². The maximum Gasteiger partial charge on any atom is 0.262 e. The van der Waals surface area contributed by atoms with Gasteiger partial charge in [0.05, 0.1) is 19.7 Å². The van der Waals surface area contributed by atoms with Gasteiger partial charge in [0, 0.05) is 41.3 Å². The van der Waals surface area contributed by atoms with Crippen LogP contribution in [0.4, 0.5) is 5.69 Å². The molecule has 0 amide bonds. The first-order chi connectivity index (χ1) is 13.6. The van der Waals surface area contributed by atoms with Crippen LogP contribution in [-0.4, -0.2) is 42.1 Å². The maximum atomic E-state index is 12.7. The summed E-state index contributed by atoms with van der Waals surface area (Å²) in [6, 6.07) is 11.5. The van der Waals surface area contributed by atoms with Gasteiger partial charge in [-0.2, -0.15) is 0 Å². The second-order valence-electron chi connectivity index (χ2n) is 6.67. The van der Waals surface area contributed by atoms with Crippen LogP contribution in [0.2, 0.25) is 0 Å². The van der Waals surface area contributed by atoms with Gasteiger partial charge in [-0.15, -0.1) is 0 Å². The Balaban J connectivity index is 1.72. The van der Waals surface area contributed by atoms with Gasteiger partial charge in [-0.3, -0.25) is 4.79 Å². The van der Waals surface area contributed by atoms with Crippen molar-refractivity contribution in [1.82, 2.24) is 9.97 Å². The van der Waals surface area contributed by atoms with Crippen LogP contribution >= 0.6 is 15.9 Å². The van der Waals surface area contributed by atoms with E-state index in [0.717, 1.165) is 30.8 Å². The molecule has 0 bridgehead atoms. The Hall–Kier alpha value is -2.54. The zero-order valence-electron chi connectivity index (χ0n) is 15.7. The summed E-state index contributed by atoms with van der Waals surface area (Å²) in [7, 11) is 3.10. The fourth-order valence-electron chi connectivity index (χ4n) is 3.48. The molecule has 1 unspecified atom stereocenters. The van der Waals surface area contributed by atoms with E-state index < -0.39 is 0 Å². The van der Waals surface area contributed by atoms with Crippen LogP contribution in [0.15, 0.2) is 41.2 Å². The molecule has 0 aliphatic carbocycles. The molecular formula is C21H21BrN3O3. The Bertz CT molecular complexity index is 1050. The van der Waals surface area contributed by atoms with Crippen LogP contribution < -0.4 is 19.9 Å². The molecule has 1 atom stereocenters. The second kappa shape index (κ2) is 7.83. The van der Waals surface area contributed by atoms with E-state index in [1.165, 1.54) is 7.11 Å². The number of fused-ring (bicyclic) bond motifs is 1. The minimum atomic E-state index is -0.239. The number of nitrogens with one attached hydrogen (secondary N) is 1. The first-order valence-electron chi connectivity index (χ1n) is 9.08. The Morgan fingerprint density at radius 2 is 1.96 bits per heavy atom. The number of aromatic amines is 1. The number of methoxy groups -OCH3 is 2. The smallest absolute Gasteiger partial charge is 0.262 e. The lowest BCUT2D eigenvalue weighted by molar-refractivity contribution is 0.397. The van der Waals surface area contributed by atoms with Crippen LogP contribution in [0.5, 0.6) is 11.5 Å². The van der Waals surface area contributed by atoms with Crippen LogP contribution in [0, 0.1) is 6.42 Å². The molecule has 28 heavy (non-hydrogen) atoms. The van der Waals surface area contributed by atoms with E-state index in [1.54, 1.807) is 19.2 Å². The van der Waals surface area contributed by atoms with Gasteiger partial charge in [-0.25, -0.2) is 4.98 Å². The molecule has 1 N–H and O–H groups in total. The van der Waals surface area contributed by atoms with Crippen LogP contribution in [0.1, 0.15) is 6.42 Å². The normalized spacial score (nSPS) is 17.0. The summed E-state index contributed by atoms with van der Waals surface area (Å²) in [5.41, 5.74) is 2.31. The molecule has 6 nitrogen and oxygen atoms in total. The van der Waals surface area contributed by atoms with Crippen molar-refractivity contribution in [2.75, 3.05) is 32.2 Å². The zero-order valence-corrected chi connectivity index (χ0v) is 17.3. The Morgan fingerprint density at radius 1 is 1.18 bits per heavy atom. The van der Waals surface area contributed by atoms with Crippen molar-refractivity contribution in [2.45, 2.75) is 11.2 Å². The fourth-order valence-corrected chi connectivity index (χ4v) is 4.09. The number of anilines is 1. The second-order valence-corrected chi connectivity index (χ2v) is 7.85. The number of hydrogen-bond acceptors (Lipinski definition) is 5. The number of rotatable bonds is 4. The molecule has 1 aliphatic rings. The molecular weight excluding hydrogens is 422 g/mol. The molecule has 145 valence electrons. The SMILES string of the molecule is COc1cc(OC)c2c(=O)[nH]c(-c3ccc(N4CC[CH]C(Br)C4)cc3)nc2c1. The summed E-state index contributed by atoms with van der Waals surface area (Å²) < 4.78 is 10.6. The van der Waals surface area contributed by atoms with Crippen molar-refractivity contribution < 1.29 is 9.47 Å². The zero-order chi connectivity index (χ0) is 19.7. The Kier molecular flexibility index (Phi) is 5.26. The summed E-state index contributed by atoms with van der Waals surface area (Å²) in [4.78, 5) is 22.9. The highest BCUT2D eigenvalue weighted by atomic mass is 79.9. The summed E-state index contributed by atoms with van der Waals surface area (Å²) in [6.45, 7) is 1.95. The summed E-state index contributed by atoms with van der Waals surface area (Å²) in [6.07, 6.45) is 3.35. The molecule has 3 aromatic rings. The summed E-state index contributed by atoms with van der Waals surface area (Å²) in [5.74, 6) is 1.55. The monoisotopic (exact) mass is 442 g/mol. The number of ether oxygens (including phenoxy) is 2. The standard InChI is InChI=1S/C21H21BrN3O3/c1-27-16-10-17-19(18(11-16)28-2)21(26)24-20(23-17)13-5-7-15(8-6-13)25-9-3-4-14(22)12-25/h4-8,10-11,14H,3,9,12H2,1-2H3,(H,23,24,26). The molecule has 1 aliphatic heterocycles. The van der Waals surface area contributed by atoms with E-state index in [-0.39, 0.29) is 5.56 Å². The van der Waals surface area contributed by atoms with Crippen molar-refractivity contribution in [3.63, 3.8) is 0 Å². The third-order valence-corrected chi connectivity index (χ3v) is 5.59.